The molecule has 1 aliphatic rings. The minimum absolute atomic E-state index is 0.0489. The first kappa shape index (κ1) is 23.5. The van der Waals surface area contributed by atoms with E-state index in [0.717, 1.165) is 48.1 Å². The minimum atomic E-state index is -0.288. The average molecular weight is 445 g/mol. The van der Waals surface area contributed by atoms with E-state index in [0.29, 0.717) is 19.5 Å². The molecule has 0 N–H and O–H groups in total. The van der Waals surface area contributed by atoms with Crippen LogP contribution in [0.3, 0.4) is 0 Å². The Hall–Kier alpha value is -2.21. The fourth-order valence-corrected chi connectivity index (χ4v) is 5.12. The zero-order valence-electron chi connectivity index (χ0n) is 18.6. The molecule has 4 nitrogen and oxygen atoms in total. The second-order valence-electron chi connectivity index (χ2n) is 8.47. The molecule has 1 saturated carbocycles. The number of carbonyl (C=O) groups excluding carboxylic acids is 2. The molecule has 2 aromatic rings. The number of carbonyl (C=O) groups is 2. The van der Waals surface area contributed by atoms with Crippen LogP contribution < -0.4 is 0 Å². The summed E-state index contributed by atoms with van der Waals surface area (Å²) in [5, 5.41) is 2.03. The van der Waals surface area contributed by atoms with Gasteiger partial charge in [0.2, 0.25) is 11.8 Å². The predicted molar refractivity (Wildman–Crippen MR) is 123 cm³/mol. The highest BCUT2D eigenvalue weighted by molar-refractivity contribution is 7.10. The van der Waals surface area contributed by atoms with Crippen LogP contribution in [0.15, 0.2) is 35.7 Å². The molecule has 0 unspecified atom stereocenters. The molecule has 3 rings (SSSR count). The number of nitrogens with zero attached hydrogens (tertiary/aromatic N) is 2. The van der Waals surface area contributed by atoms with E-state index in [4.69, 9.17) is 0 Å². The lowest BCUT2D eigenvalue weighted by Crippen LogP contribution is -2.47. The summed E-state index contributed by atoms with van der Waals surface area (Å²) in [7, 11) is 0. The third kappa shape index (κ3) is 6.63. The van der Waals surface area contributed by atoms with Gasteiger partial charge in [-0.15, -0.1) is 11.3 Å². The molecule has 2 amide bonds. The Balaban J connectivity index is 1.79. The van der Waals surface area contributed by atoms with Crippen molar-refractivity contribution in [3.63, 3.8) is 0 Å². The average Bonchev–Trinajstić information content (AvgIpc) is 3.18. The Bertz CT molecular complexity index is 859. The van der Waals surface area contributed by atoms with Gasteiger partial charge in [0.25, 0.3) is 0 Å². The van der Waals surface area contributed by atoms with Crippen molar-refractivity contribution in [2.45, 2.75) is 77.9 Å². The van der Waals surface area contributed by atoms with Gasteiger partial charge in [-0.3, -0.25) is 9.59 Å². The SMILES string of the molecule is CCCC(=O)N(CC(=O)N(Cc1ccc(F)cc1)Cc1sccc1C)C1CCCCC1. The third-order valence-electron chi connectivity index (χ3n) is 6.05. The summed E-state index contributed by atoms with van der Waals surface area (Å²) < 4.78 is 13.4. The van der Waals surface area contributed by atoms with Crippen LogP contribution in [0, 0.1) is 12.7 Å². The Labute approximate surface area is 189 Å². The van der Waals surface area contributed by atoms with Crippen molar-refractivity contribution in [3.8, 4) is 0 Å². The molecule has 1 aliphatic carbocycles. The molecule has 1 heterocycles. The maximum atomic E-state index is 13.5. The number of amides is 2. The minimum Gasteiger partial charge on any atom is -0.332 e. The Morgan fingerprint density at radius 3 is 2.35 bits per heavy atom. The van der Waals surface area contributed by atoms with Crippen LogP contribution in [0.5, 0.6) is 0 Å². The number of halogens is 1. The summed E-state index contributed by atoms with van der Waals surface area (Å²) in [6.45, 7) is 5.07. The number of rotatable bonds is 9. The van der Waals surface area contributed by atoms with Crippen molar-refractivity contribution in [2.24, 2.45) is 0 Å². The molecular weight excluding hydrogens is 411 g/mol. The van der Waals surface area contributed by atoms with Gasteiger partial charge in [-0.1, -0.05) is 38.3 Å². The van der Waals surface area contributed by atoms with E-state index in [1.807, 2.05) is 24.1 Å². The van der Waals surface area contributed by atoms with Gasteiger partial charge in [0.05, 0.1) is 6.54 Å². The highest BCUT2D eigenvalue weighted by atomic mass is 32.1. The zero-order chi connectivity index (χ0) is 22.2. The lowest BCUT2D eigenvalue weighted by atomic mass is 9.94. The Morgan fingerprint density at radius 2 is 1.74 bits per heavy atom. The summed E-state index contributed by atoms with van der Waals surface area (Å²) >= 11 is 1.64. The first-order valence-corrected chi connectivity index (χ1v) is 12.2. The van der Waals surface area contributed by atoms with Gasteiger partial charge in [0, 0.05) is 23.9 Å². The molecule has 0 spiro atoms. The maximum Gasteiger partial charge on any atom is 0.242 e. The summed E-state index contributed by atoms with van der Waals surface area (Å²) in [5.74, 6) is -0.256. The smallest absolute Gasteiger partial charge is 0.242 e. The van der Waals surface area contributed by atoms with Gasteiger partial charge in [-0.25, -0.2) is 4.39 Å². The van der Waals surface area contributed by atoms with Crippen LogP contribution >= 0.6 is 11.3 Å². The molecule has 6 heteroatoms. The second-order valence-corrected chi connectivity index (χ2v) is 9.47. The third-order valence-corrected chi connectivity index (χ3v) is 7.06. The summed E-state index contributed by atoms with van der Waals surface area (Å²) in [6, 6.07) is 8.50. The molecule has 0 bridgehead atoms. The number of benzene rings is 1. The Morgan fingerprint density at radius 1 is 1.03 bits per heavy atom. The lowest BCUT2D eigenvalue weighted by molar-refractivity contribution is -0.143. The van der Waals surface area contributed by atoms with Crippen LogP contribution in [0.2, 0.25) is 0 Å². The fraction of sp³-hybridized carbons (Fsp3) is 0.520. The van der Waals surface area contributed by atoms with Crippen molar-refractivity contribution < 1.29 is 14.0 Å². The molecule has 31 heavy (non-hydrogen) atoms. The highest BCUT2D eigenvalue weighted by Gasteiger charge is 2.28. The largest absolute Gasteiger partial charge is 0.332 e. The second kappa shape index (κ2) is 11.4. The number of aryl methyl sites for hydroxylation is 1. The topological polar surface area (TPSA) is 40.6 Å². The molecule has 1 fully saturated rings. The van der Waals surface area contributed by atoms with Gasteiger partial charge < -0.3 is 9.80 Å². The van der Waals surface area contributed by atoms with E-state index in [1.165, 1.54) is 18.6 Å². The first-order chi connectivity index (χ1) is 15.0. The van der Waals surface area contributed by atoms with E-state index in [1.54, 1.807) is 28.4 Å². The molecule has 0 radical (unpaired) electrons. The zero-order valence-corrected chi connectivity index (χ0v) is 19.4. The van der Waals surface area contributed by atoms with E-state index in [9.17, 15) is 14.0 Å². The summed E-state index contributed by atoms with van der Waals surface area (Å²) in [6.07, 6.45) is 6.64. The normalized spacial score (nSPS) is 14.4. The van der Waals surface area contributed by atoms with Crippen LogP contribution in [0.1, 0.15) is 67.9 Å². The lowest BCUT2D eigenvalue weighted by Gasteiger charge is -2.35. The van der Waals surface area contributed by atoms with Crippen LogP contribution in [-0.2, 0) is 22.7 Å². The van der Waals surface area contributed by atoms with Crippen molar-refractivity contribution in [3.05, 3.63) is 57.5 Å². The standard InChI is InChI=1S/C25H33FN2O2S/c1-3-7-24(29)28(22-8-5-4-6-9-22)18-25(30)27(17-23-19(2)14-15-31-23)16-20-10-12-21(26)13-11-20/h10-15,22H,3-9,16-18H2,1-2H3. The van der Waals surface area contributed by atoms with Gasteiger partial charge >= 0.3 is 0 Å². The summed E-state index contributed by atoms with van der Waals surface area (Å²) in [4.78, 5) is 31.1. The predicted octanol–water partition coefficient (Wildman–Crippen LogP) is 5.69. The molecule has 168 valence electrons. The van der Waals surface area contributed by atoms with Crippen molar-refractivity contribution in [2.75, 3.05) is 6.54 Å². The fourth-order valence-electron chi connectivity index (χ4n) is 4.20. The molecule has 1 aromatic carbocycles. The van der Waals surface area contributed by atoms with E-state index in [-0.39, 0.29) is 30.2 Å². The van der Waals surface area contributed by atoms with Gasteiger partial charge in [-0.2, -0.15) is 0 Å². The summed E-state index contributed by atoms with van der Waals surface area (Å²) in [5.41, 5.74) is 2.04. The molecule has 0 atom stereocenters. The van der Waals surface area contributed by atoms with Crippen LogP contribution in [-0.4, -0.2) is 34.2 Å². The quantitative estimate of drug-likeness (QED) is 0.499. The van der Waals surface area contributed by atoms with Crippen LogP contribution in [0.4, 0.5) is 4.39 Å². The first-order valence-electron chi connectivity index (χ1n) is 11.3. The van der Waals surface area contributed by atoms with Gasteiger partial charge in [0.1, 0.15) is 12.4 Å². The van der Waals surface area contributed by atoms with Gasteiger partial charge in [0.15, 0.2) is 0 Å². The number of hydrogen-bond acceptors (Lipinski definition) is 3. The molecule has 0 aliphatic heterocycles. The van der Waals surface area contributed by atoms with E-state index in [2.05, 4.69) is 6.07 Å². The maximum absolute atomic E-state index is 13.5. The van der Waals surface area contributed by atoms with Crippen molar-refractivity contribution >= 4 is 23.2 Å². The number of hydrogen-bond donors (Lipinski definition) is 0. The molecule has 1 aromatic heterocycles. The number of thiophene rings is 1. The van der Waals surface area contributed by atoms with Gasteiger partial charge in [-0.05, 0) is 60.9 Å². The van der Waals surface area contributed by atoms with E-state index >= 15 is 0 Å². The van der Waals surface area contributed by atoms with Crippen molar-refractivity contribution in [1.82, 2.24) is 9.80 Å². The van der Waals surface area contributed by atoms with Crippen molar-refractivity contribution in [1.29, 1.82) is 0 Å². The highest BCUT2D eigenvalue weighted by Crippen LogP contribution is 2.25. The molecular formula is C25H33FN2O2S. The van der Waals surface area contributed by atoms with Crippen LogP contribution in [0.25, 0.3) is 0 Å². The van der Waals surface area contributed by atoms with E-state index < -0.39 is 0 Å². The molecule has 0 saturated heterocycles. The Kier molecular flexibility index (Phi) is 8.64. The monoisotopic (exact) mass is 444 g/mol.